The van der Waals surface area contributed by atoms with Gasteiger partial charge >= 0.3 is 6.03 Å². The fourth-order valence-corrected chi connectivity index (χ4v) is 2.81. The quantitative estimate of drug-likeness (QED) is 0.833. The second-order valence-electron chi connectivity index (χ2n) is 5.64. The molecule has 0 unspecified atom stereocenters. The molecule has 1 heterocycles. The van der Waals surface area contributed by atoms with Gasteiger partial charge in [-0.15, -0.1) is 5.11 Å². The molecule has 1 aliphatic rings. The van der Waals surface area contributed by atoms with Gasteiger partial charge in [-0.25, -0.2) is 4.79 Å². The molecule has 0 spiro atoms. The molecule has 3 rings (SSSR count). The molecule has 7 heteroatoms. The molecular weight excluding hydrogens is 294 g/mol. The van der Waals surface area contributed by atoms with Gasteiger partial charge in [-0.05, 0) is 13.1 Å². The number of nitrogens with two attached hydrogens (primary N) is 1. The van der Waals surface area contributed by atoms with Gasteiger partial charge in [0, 0.05) is 42.6 Å². The molecule has 0 bridgehead atoms. The van der Waals surface area contributed by atoms with E-state index >= 15 is 0 Å². The van der Waals surface area contributed by atoms with Crippen LogP contribution in [-0.2, 0) is 0 Å². The van der Waals surface area contributed by atoms with Crippen LogP contribution in [0.2, 0.25) is 0 Å². The number of urea groups is 1. The van der Waals surface area contributed by atoms with Crippen molar-refractivity contribution >= 4 is 28.2 Å². The average Bonchev–Trinajstić information content (AvgIpc) is 2.55. The van der Waals surface area contributed by atoms with Crippen molar-refractivity contribution in [2.75, 3.05) is 38.1 Å². The van der Waals surface area contributed by atoms with Crippen LogP contribution in [-0.4, -0.2) is 49.3 Å². The second kappa shape index (κ2) is 6.21. The van der Waals surface area contributed by atoms with Gasteiger partial charge in [-0.2, -0.15) is 0 Å². The Morgan fingerprint density at radius 1 is 1.17 bits per heavy atom. The lowest BCUT2D eigenvalue weighted by molar-refractivity contribution is 0.255. The number of hydrogen-bond donors (Lipinski definition) is 2. The summed E-state index contributed by atoms with van der Waals surface area (Å²) < 4.78 is 0. The lowest BCUT2D eigenvalue weighted by Crippen LogP contribution is -2.44. The zero-order valence-corrected chi connectivity index (χ0v) is 12.9. The Kier molecular flexibility index (Phi) is 4.12. The highest BCUT2D eigenvalue weighted by atomic mass is 16.3. The molecule has 0 saturated carbocycles. The summed E-state index contributed by atoms with van der Waals surface area (Å²) in [5, 5.41) is 19.2. The number of fused-ring (bicyclic) bond motifs is 1. The normalized spacial score (nSPS) is 16.3. The third-order valence-corrected chi connectivity index (χ3v) is 4.07. The molecule has 0 aliphatic carbocycles. The minimum Gasteiger partial charge on any atom is -0.505 e. The van der Waals surface area contributed by atoms with Crippen molar-refractivity contribution in [2.45, 2.75) is 0 Å². The number of aromatic hydroxyl groups is 1. The minimum atomic E-state index is -0.890. The summed E-state index contributed by atoms with van der Waals surface area (Å²) >= 11 is 0. The van der Waals surface area contributed by atoms with Crippen LogP contribution in [0.5, 0.6) is 5.75 Å². The summed E-state index contributed by atoms with van der Waals surface area (Å²) in [5.41, 5.74) is 6.23. The van der Waals surface area contributed by atoms with E-state index in [1.165, 1.54) is 0 Å². The lowest BCUT2D eigenvalue weighted by atomic mass is 10.0. The highest BCUT2D eigenvalue weighted by Gasteiger charge is 2.19. The first kappa shape index (κ1) is 15.2. The highest BCUT2D eigenvalue weighted by molar-refractivity contribution is 6.01. The first-order chi connectivity index (χ1) is 11.1. The average molecular weight is 313 g/mol. The maximum atomic E-state index is 10.8. The lowest BCUT2D eigenvalue weighted by Gasteiger charge is -2.34. The number of azo groups is 1. The van der Waals surface area contributed by atoms with Crippen LogP contribution in [0.1, 0.15) is 0 Å². The number of primary amides is 1. The van der Waals surface area contributed by atoms with Crippen molar-refractivity contribution in [3.05, 3.63) is 30.3 Å². The summed E-state index contributed by atoms with van der Waals surface area (Å²) in [6.07, 6.45) is 0. The maximum Gasteiger partial charge on any atom is 0.356 e. The second-order valence-corrected chi connectivity index (χ2v) is 5.64. The maximum absolute atomic E-state index is 10.8. The third-order valence-electron chi connectivity index (χ3n) is 4.07. The molecule has 0 aromatic heterocycles. The van der Waals surface area contributed by atoms with Crippen LogP contribution in [0, 0.1) is 0 Å². The fraction of sp³-hybridized carbons (Fsp3) is 0.312. The summed E-state index contributed by atoms with van der Waals surface area (Å²) in [6, 6.07) is 8.45. The van der Waals surface area contributed by atoms with Crippen molar-refractivity contribution < 1.29 is 9.90 Å². The van der Waals surface area contributed by atoms with Crippen molar-refractivity contribution in [3.8, 4) is 5.75 Å². The number of benzene rings is 2. The number of carbonyl (C=O) groups excluding carboxylic acids is 1. The molecule has 7 nitrogen and oxygen atoms in total. The molecule has 1 aliphatic heterocycles. The van der Waals surface area contributed by atoms with Gasteiger partial charge in [0.05, 0.1) is 0 Å². The molecule has 23 heavy (non-hydrogen) atoms. The van der Waals surface area contributed by atoms with Crippen molar-refractivity contribution in [1.29, 1.82) is 0 Å². The minimum absolute atomic E-state index is 0.00322. The van der Waals surface area contributed by atoms with Crippen LogP contribution in [0.15, 0.2) is 40.6 Å². The van der Waals surface area contributed by atoms with Crippen LogP contribution in [0.4, 0.5) is 16.2 Å². The Morgan fingerprint density at radius 2 is 1.83 bits per heavy atom. The highest BCUT2D eigenvalue weighted by Crippen LogP contribution is 2.41. The molecule has 3 N–H and O–H groups in total. The standard InChI is InChI=1S/C16H19N5O2/c1-20-6-8-21(9-7-20)14-10-13(18-19-16(17)23)15(22)12-5-3-2-4-11(12)14/h2-5,10,22H,6-9H2,1H3,(H2,17,23)/b19-18+. The van der Waals surface area contributed by atoms with Gasteiger partial charge in [0.25, 0.3) is 0 Å². The summed E-state index contributed by atoms with van der Waals surface area (Å²) in [5.74, 6) is 0.00322. The van der Waals surface area contributed by atoms with E-state index in [4.69, 9.17) is 5.73 Å². The smallest absolute Gasteiger partial charge is 0.356 e. The van der Waals surface area contributed by atoms with Gasteiger partial charge in [0.1, 0.15) is 5.69 Å². The predicted molar refractivity (Wildman–Crippen MR) is 89.4 cm³/mol. The van der Waals surface area contributed by atoms with E-state index in [1.54, 1.807) is 6.07 Å². The number of likely N-dealkylation sites (N-methyl/N-ethyl adjacent to an activating group) is 1. The molecule has 0 radical (unpaired) electrons. The molecule has 1 saturated heterocycles. The van der Waals surface area contributed by atoms with Gasteiger partial charge in [0.15, 0.2) is 5.75 Å². The van der Waals surface area contributed by atoms with Gasteiger partial charge in [0.2, 0.25) is 0 Å². The van der Waals surface area contributed by atoms with E-state index in [-0.39, 0.29) is 11.4 Å². The number of rotatable bonds is 2. The Labute approximate surface area is 134 Å². The number of nitrogens with zero attached hydrogens (tertiary/aromatic N) is 4. The number of phenolic OH excluding ortho intramolecular Hbond substituents is 1. The van der Waals surface area contributed by atoms with Crippen LogP contribution < -0.4 is 10.6 Å². The molecular formula is C16H19N5O2. The van der Waals surface area contributed by atoms with Crippen molar-refractivity contribution in [1.82, 2.24) is 4.90 Å². The Hall–Kier alpha value is -2.67. The topological polar surface area (TPSA) is 94.5 Å². The Balaban J connectivity index is 2.11. The van der Waals surface area contributed by atoms with Gasteiger partial charge in [-0.1, -0.05) is 29.4 Å². The van der Waals surface area contributed by atoms with E-state index in [2.05, 4.69) is 27.1 Å². The molecule has 2 amide bonds. The van der Waals surface area contributed by atoms with Crippen LogP contribution in [0.3, 0.4) is 0 Å². The molecule has 2 aromatic rings. The number of hydrogen-bond acceptors (Lipinski definition) is 5. The largest absolute Gasteiger partial charge is 0.505 e. The van der Waals surface area contributed by atoms with E-state index in [1.807, 2.05) is 24.3 Å². The first-order valence-electron chi connectivity index (χ1n) is 7.45. The van der Waals surface area contributed by atoms with Gasteiger partial charge < -0.3 is 20.6 Å². The number of carbonyl (C=O) groups is 1. The fourth-order valence-electron chi connectivity index (χ4n) is 2.81. The molecule has 1 fully saturated rings. The van der Waals surface area contributed by atoms with E-state index < -0.39 is 6.03 Å². The summed E-state index contributed by atoms with van der Waals surface area (Å²) in [6.45, 7) is 3.70. The van der Waals surface area contributed by atoms with E-state index in [0.717, 1.165) is 37.3 Å². The predicted octanol–water partition coefficient (Wildman–Crippen LogP) is 2.46. The Morgan fingerprint density at radius 3 is 2.48 bits per heavy atom. The summed E-state index contributed by atoms with van der Waals surface area (Å²) in [4.78, 5) is 15.4. The van der Waals surface area contributed by atoms with Crippen molar-refractivity contribution in [2.24, 2.45) is 16.0 Å². The zero-order valence-electron chi connectivity index (χ0n) is 12.9. The number of piperazine rings is 1. The molecule has 0 atom stereocenters. The molecule has 2 aromatic carbocycles. The number of amides is 2. The van der Waals surface area contributed by atoms with Crippen LogP contribution >= 0.6 is 0 Å². The summed E-state index contributed by atoms with van der Waals surface area (Å²) in [7, 11) is 2.10. The molecule has 120 valence electrons. The first-order valence-corrected chi connectivity index (χ1v) is 7.45. The third kappa shape index (κ3) is 3.09. The SMILES string of the molecule is CN1CCN(c2cc(/N=N/C(N)=O)c(O)c3ccccc23)CC1. The Bertz CT molecular complexity index is 766. The number of anilines is 1. The van der Waals surface area contributed by atoms with Crippen LogP contribution in [0.25, 0.3) is 10.8 Å². The number of phenols is 1. The van der Waals surface area contributed by atoms with E-state index in [0.29, 0.717) is 5.39 Å². The van der Waals surface area contributed by atoms with Gasteiger partial charge in [-0.3, -0.25) is 0 Å². The zero-order chi connectivity index (χ0) is 16.4. The van der Waals surface area contributed by atoms with E-state index in [9.17, 15) is 9.90 Å². The monoisotopic (exact) mass is 313 g/mol. The van der Waals surface area contributed by atoms with Crippen molar-refractivity contribution in [3.63, 3.8) is 0 Å².